The minimum Gasteiger partial charge on any atom is -0.324 e. The van der Waals surface area contributed by atoms with E-state index < -0.39 is 0 Å². The molecule has 3 nitrogen and oxygen atoms in total. The first kappa shape index (κ1) is 13.9. The van der Waals surface area contributed by atoms with Gasteiger partial charge >= 0.3 is 0 Å². The van der Waals surface area contributed by atoms with Gasteiger partial charge < -0.3 is 4.57 Å². The van der Waals surface area contributed by atoms with Crippen LogP contribution in [0.1, 0.15) is 50.9 Å². The van der Waals surface area contributed by atoms with Gasteiger partial charge in [-0.2, -0.15) is 0 Å². The van der Waals surface area contributed by atoms with Crippen LogP contribution < -0.4 is 0 Å². The highest BCUT2D eigenvalue weighted by atomic mass is 35.5. The van der Waals surface area contributed by atoms with E-state index in [0.29, 0.717) is 17.8 Å². The SMILES string of the molecule is CC1CCCCCC1n1c(CCCl)nc2cnccc21. The quantitative estimate of drug-likeness (QED) is 0.621. The van der Waals surface area contributed by atoms with Crippen molar-refractivity contribution in [2.45, 2.75) is 51.5 Å². The van der Waals surface area contributed by atoms with Gasteiger partial charge in [-0.3, -0.25) is 4.98 Å². The Morgan fingerprint density at radius 2 is 2.15 bits per heavy atom. The number of hydrogen-bond acceptors (Lipinski definition) is 2. The van der Waals surface area contributed by atoms with Gasteiger partial charge in [0.15, 0.2) is 0 Å². The molecule has 2 aromatic rings. The summed E-state index contributed by atoms with van der Waals surface area (Å²) in [5.41, 5.74) is 2.22. The maximum Gasteiger partial charge on any atom is 0.111 e. The molecule has 0 N–H and O–H groups in total. The zero-order chi connectivity index (χ0) is 13.9. The lowest BCUT2D eigenvalue weighted by molar-refractivity contribution is 0.333. The minimum atomic E-state index is 0.558. The van der Waals surface area contributed by atoms with E-state index in [1.165, 1.54) is 37.6 Å². The molecule has 3 rings (SSSR count). The van der Waals surface area contributed by atoms with E-state index in [4.69, 9.17) is 16.6 Å². The fourth-order valence-corrected chi connectivity index (χ4v) is 3.66. The highest BCUT2D eigenvalue weighted by Gasteiger charge is 2.25. The number of imidazole rings is 1. The molecule has 0 spiro atoms. The van der Waals surface area contributed by atoms with E-state index >= 15 is 0 Å². The highest BCUT2D eigenvalue weighted by molar-refractivity contribution is 6.17. The van der Waals surface area contributed by atoms with Crippen molar-refractivity contribution in [2.24, 2.45) is 5.92 Å². The molecular formula is C16H22ClN3. The third kappa shape index (κ3) is 2.56. The summed E-state index contributed by atoms with van der Waals surface area (Å²) in [6.07, 6.45) is 11.2. The van der Waals surface area contributed by atoms with Crippen molar-refractivity contribution in [2.75, 3.05) is 5.88 Å². The monoisotopic (exact) mass is 291 g/mol. The van der Waals surface area contributed by atoms with Crippen molar-refractivity contribution in [3.05, 3.63) is 24.3 Å². The summed E-state index contributed by atoms with van der Waals surface area (Å²) in [6, 6.07) is 2.65. The first-order chi connectivity index (χ1) is 9.81. The highest BCUT2D eigenvalue weighted by Crippen LogP contribution is 2.35. The Morgan fingerprint density at radius 1 is 1.30 bits per heavy atom. The Hall–Kier alpha value is -1.09. The summed E-state index contributed by atoms with van der Waals surface area (Å²) in [5.74, 6) is 2.46. The summed E-state index contributed by atoms with van der Waals surface area (Å²) in [5, 5.41) is 0. The number of fused-ring (bicyclic) bond motifs is 1. The lowest BCUT2D eigenvalue weighted by Gasteiger charge is -2.25. The van der Waals surface area contributed by atoms with Crippen molar-refractivity contribution >= 4 is 22.6 Å². The number of pyridine rings is 1. The fourth-order valence-electron chi connectivity index (χ4n) is 3.49. The predicted octanol–water partition coefficient (Wildman–Crippen LogP) is 4.35. The van der Waals surface area contributed by atoms with E-state index in [1.807, 2.05) is 12.4 Å². The molecule has 0 amide bonds. The summed E-state index contributed by atoms with van der Waals surface area (Å²) >= 11 is 5.97. The van der Waals surface area contributed by atoms with E-state index in [1.54, 1.807) is 0 Å². The van der Waals surface area contributed by atoms with Crippen LogP contribution in [0.2, 0.25) is 0 Å². The normalized spacial score (nSPS) is 23.9. The number of rotatable bonds is 3. The lowest BCUT2D eigenvalue weighted by atomic mass is 9.96. The van der Waals surface area contributed by atoms with Crippen LogP contribution in [-0.4, -0.2) is 20.4 Å². The molecule has 0 bridgehead atoms. The van der Waals surface area contributed by atoms with E-state index in [9.17, 15) is 0 Å². The van der Waals surface area contributed by atoms with E-state index in [0.717, 1.165) is 17.8 Å². The van der Waals surface area contributed by atoms with Crippen LogP contribution in [0.15, 0.2) is 18.5 Å². The lowest BCUT2D eigenvalue weighted by Crippen LogP contribution is -2.18. The minimum absolute atomic E-state index is 0.558. The van der Waals surface area contributed by atoms with Gasteiger partial charge in [0.1, 0.15) is 11.3 Å². The van der Waals surface area contributed by atoms with Crippen LogP contribution in [0.4, 0.5) is 0 Å². The molecule has 1 aliphatic rings. The molecule has 0 aliphatic heterocycles. The van der Waals surface area contributed by atoms with Crippen molar-refractivity contribution in [3.63, 3.8) is 0 Å². The molecule has 0 aromatic carbocycles. The van der Waals surface area contributed by atoms with E-state index in [2.05, 4.69) is 22.5 Å². The fraction of sp³-hybridized carbons (Fsp3) is 0.625. The molecule has 2 unspecified atom stereocenters. The van der Waals surface area contributed by atoms with Gasteiger partial charge in [-0.15, -0.1) is 11.6 Å². The molecule has 1 aliphatic carbocycles. The molecule has 108 valence electrons. The van der Waals surface area contributed by atoms with Crippen LogP contribution in [0.3, 0.4) is 0 Å². The average molecular weight is 292 g/mol. The number of alkyl halides is 1. The molecule has 0 radical (unpaired) electrons. The largest absolute Gasteiger partial charge is 0.324 e. The van der Waals surface area contributed by atoms with Crippen molar-refractivity contribution in [1.82, 2.24) is 14.5 Å². The van der Waals surface area contributed by atoms with Crippen LogP contribution in [0, 0.1) is 5.92 Å². The second kappa shape index (κ2) is 6.13. The van der Waals surface area contributed by atoms with Crippen LogP contribution >= 0.6 is 11.6 Å². The van der Waals surface area contributed by atoms with Gasteiger partial charge in [0.25, 0.3) is 0 Å². The molecule has 1 saturated carbocycles. The Kier molecular flexibility index (Phi) is 4.25. The molecule has 0 saturated heterocycles. The number of aromatic nitrogens is 3. The number of aryl methyl sites for hydroxylation is 1. The third-order valence-corrected chi connectivity index (χ3v) is 4.72. The second-order valence-corrected chi connectivity index (χ2v) is 6.26. The van der Waals surface area contributed by atoms with Crippen molar-refractivity contribution in [1.29, 1.82) is 0 Å². The van der Waals surface area contributed by atoms with Crippen LogP contribution in [-0.2, 0) is 6.42 Å². The van der Waals surface area contributed by atoms with Gasteiger partial charge in [-0.1, -0.05) is 26.2 Å². The Morgan fingerprint density at radius 3 is 3.00 bits per heavy atom. The van der Waals surface area contributed by atoms with Gasteiger partial charge in [0, 0.05) is 24.5 Å². The molecule has 20 heavy (non-hydrogen) atoms. The predicted molar refractivity (Wildman–Crippen MR) is 83.2 cm³/mol. The topological polar surface area (TPSA) is 30.7 Å². The van der Waals surface area contributed by atoms with Crippen molar-refractivity contribution in [3.8, 4) is 0 Å². The first-order valence-electron chi connectivity index (χ1n) is 7.68. The Balaban J connectivity index is 2.09. The number of halogens is 1. The molecule has 1 fully saturated rings. The molecule has 4 heteroatoms. The van der Waals surface area contributed by atoms with Crippen LogP contribution in [0.25, 0.3) is 11.0 Å². The number of nitrogens with zero attached hydrogens (tertiary/aromatic N) is 3. The Bertz CT molecular complexity index is 578. The van der Waals surface area contributed by atoms with E-state index in [-0.39, 0.29) is 0 Å². The molecular weight excluding hydrogens is 270 g/mol. The van der Waals surface area contributed by atoms with Gasteiger partial charge in [0.2, 0.25) is 0 Å². The maximum absolute atomic E-state index is 5.97. The summed E-state index contributed by atoms with van der Waals surface area (Å²) in [7, 11) is 0. The third-order valence-electron chi connectivity index (χ3n) is 4.53. The zero-order valence-electron chi connectivity index (χ0n) is 12.1. The molecule has 2 heterocycles. The second-order valence-electron chi connectivity index (χ2n) is 5.88. The van der Waals surface area contributed by atoms with Gasteiger partial charge in [0.05, 0.1) is 11.7 Å². The Labute approximate surface area is 125 Å². The molecule has 2 aromatic heterocycles. The van der Waals surface area contributed by atoms with Crippen LogP contribution in [0.5, 0.6) is 0 Å². The van der Waals surface area contributed by atoms with Crippen molar-refractivity contribution < 1.29 is 0 Å². The summed E-state index contributed by atoms with van der Waals surface area (Å²) in [6.45, 7) is 2.38. The zero-order valence-corrected chi connectivity index (χ0v) is 12.8. The summed E-state index contributed by atoms with van der Waals surface area (Å²) in [4.78, 5) is 8.96. The first-order valence-corrected chi connectivity index (χ1v) is 8.21. The maximum atomic E-state index is 5.97. The summed E-state index contributed by atoms with van der Waals surface area (Å²) < 4.78 is 2.45. The standard InChI is InChI=1S/C16H22ClN3/c1-12-5-3-2-4-6-14(12)20-15-8-10-18-11-13(15)19-16(20)7-9-17/h8,10-12,14H,2-7,9H2,1H3. The number of hydrogen-bond donors (Lipinski definition) is 0. The average Bonchev–Trinajstić information content (AvgIpc) is 2.67. The smallest absolute Gasteiger partial charge is 0.111 e. The van der Waals surface area contributed by atoms with Gasteiger partial charge in [-0.25, -0.2) is 4.98 Å². The van der Waals surface area contributed by atoms with Gasteiger partial charge in [-0.05, 0) is 24.8 Å². The molecule has 2 atom stereocenters.